The van der Waals surface area contributed by atoms with E-state index < -0.39 is 0 Å². The van der Waals surface area contributed by atoms with E-state index in [0.29, 0.717) is 0 Å². The number of hydrazine groups is 5. The van der Waals surface area contributed by atoms with E-state index in [0.717, 1.165) is 26.2 Å². The largest absolute Gasteiger partial charge is 0.225 e. The van der Waals surface area contributed by atoms with Crippen LogP contribution in [0.1, 0.15) is 27.7 Å². The number of nitrogens with zero attached hydrogens (tertiary/aromatic N) is 2. The molecule has 0 radical (unpaired) electrons. The van der Waals surface area contributed by atoms with Crippen LogP contribution in [-0.4, -0.2) is 36.6 Å². The Hall–Kier alpha value is -0.240. The fourth-order valence-electron chi connectivity index (χ4n) is 0.994. The van der Waals surface area contributed by atoms with E-state index in [1.807, 2.05) is 10.5 Å². The summed E-state index contributed by atoms with van der Waals surface area (Å²) in [4.78, 5) is 0. The van der Waals surface area contributed by atoms with Gasteiger partial charge in [-0.05, 0) is 0 Å². The highest BCUT2D eigenvalue weighted by atomic mass is 16.1. The van der Waals surface area contributed by atoms with Crippen molar-refractivity contribution in [3.63, 3.8) is 0 Å². The van der Waals surface area contributed by atoms with Gasteiger partial charge in [0.2, 0.25) is 0 Å². The third-order valence-electron chi connectivity index (χ3n) is 1.43. The molecule has 0 bridgehead atoms. The maximum Gasteiger partial charge on any atom is 0.0102 e. The van der Waals surface area contributed by atoms with Crippen LogP contribution in [0.2, 0.25) is 0 Å². The summed E-state index contributed by atoms with van der Waals surface area (Å²) in [5, 5.41) is 3.62. The molecule has 0 unspecified atom stereocenters. The number of hydrogen-bond acceptors (Lipinski definition) is 6. The highest BCUT2D eigenvalue weighted by Crippen LogP contribution is 1.81. The predicted molar refractivity (Wildman–Crippen MR) is 58.4 cm³/mol. The minimum atomic E-state index is 0.861. The van der Waals surface area contributed by atoms with Gasteiger partial charge in [0.15, 0.2) is 0 Å². The maximum atomic E-state index is 3.18. The zero-order chi connectivity index (χ0) is 10.8. The summed E-state index contributed by atoms with van der Waals surface area (Å²) in [7, 11) is 0. The Balaban J connectivity index is 4.06. The standard InChI is InChI=1S/C8H24N6/c1-5-9-13(10-6-2)14(11-7-3)12-8-4/h9-12H,5-8H2,1-4H3. The summed E-state index contributed by atoms with van der Waals surface area (Å²) in [5.41, 5.74) is 12.7. The molecular formula is C8H24N6. The molecule has 0 aliphatic rings. The third kappa shape index (κ3) is 5.48. The van der Waals surface area contributed by atoms with Crippen molar-refractivity contribution in [1.82, 2.24) is 32.2 Å². The van der Waals surface area contributed by atoms with Gasteiger partial charge < -0.3 is 0 Å². The van der Waals surface area contributed by atoms with E-state index in [2.05, 4.69) is 49.4 Å². The fraction of sp³-hybridized carbons (Fsp3) is 1.00. The third-order valence-corrected chi connectivity index (χ3v) is 1.43. The van der Waals surface area contributed by atoms with Crippen LogP contribution < -0.4 is 21.7 Å². The van der Waals surface area contributed by atoms with E-state index in [-0.39, 0.29) is 0 Å². The van der Waals surface area contributed by atoms with Crippen LogP contribution in [0.5, 0.6) is 0 Å². The van der Waals surface area contributed by atoms with Crippen LogP contribution in [0.4, 0.5) is 0 Å². The number of rotatable bonds is 9. The van der Waals surface area contributed by atoms with Crippen molar-refractivity contribution in [3.05, 3.63) is 0 Å². The van der Waals surface area contributed by atoms with E-state index >= 15 is 0 Å². The molecule has 0 heterocycles. The summed E-state index contributed by atoms with van der Waals surface area (Å²) in [6, 6.07) is 0. The van der Waals surface area contributed by atoms with Gasteiger partial charge in [-0.25, -0.2) is 21.7 Å². The zero-order valence-corrected chi connectivity index (χ0v) is 9.72. The Morgan fingerprint density at radius 3 is 0.929 bits per heavy atom. The van der Waals surface area contributed by atoms with Gasteiger partial charge in [-0.15, -0.1) is 0 Å². The molecule has 0 aliphatic carbocycles. The Morgan fingerprint density at radius 2 is 0.786 bits per heavy atom. The molecule has 0 atom stereocenters. The van der Waals surface area contributed by atoms with E-state index in [4.69, 9.17) is 0 Å². The summed E-state index contributed by atoms with van der Waals surface area (Å²) in [6.45, 7) is 11.7. The molecule has 0 rings (SSSR count). The van der Waals surface area contributed by atoms with Crippen LogP contribution in [-0.2, 0) is 0 Å². The SMILES string of the molecule is CCNN(NCC)N(NCC)NCC. The monoisotopic (exact) mass is 204 g/mol. The Bertz CT molecular complexity index is 94.4. The van der Waals surface area contributed by atoms with Gasteiger partial charge in [-0.1, -0.05) is 38.1 Å². The molecule has 0 saturated heterocycles. The first-order valence-electron chi connectivity index (χ1n) is 5.34. The van der Waals surface area contributed by atoms with Gasteiger partial charge in [-0.2, -0.15) is 0 Å². The molecule has 0 amide bonds. The minimum Gasteiger partial charge on any atom is -0.225 e. The number of nitrogens with one attached hydrogen (secondary N) is 4. The molecule has 0 aromatic heterocycles. The summed E-state index contributed by atoms with van der Waals surface area (Å²) >= 11 is 0. The fourth-order valence-corrected chi connectivity index (χ4v) is 0.994. The minimum absolute atomic E-state index is 0.861. The number of hydrogen-bond donors (Lipinski definition) is 4. The molecule has 4 N–H and O–H groups in total. The average molecular weight is 204 g/mol. The first-order chi connectivity index (χ1) is 6.79. The molecule has 0 fully saturated rings. The quantitative estimate of drug-likeness (QED) is 0.384. The van der Waals surface area contributed by atoms with Gasteiger partial charge in [-0.3, -0.25) is 0 Å². The van der Waals surface area contributed by atoms with E-state index in [1.54, 1.807) is 0 Å². The van der Waals surface area contributed by atoms with E-state index in [9.17, 15) is 0 Å². The molecule has 0 spiro atoms. The van der Waals surface area contributed by atoms with Crippen molar-refractivity contribution in [2.24, 2.45) is 0 Å². The van der Waals surface area contributed by atoms with Crippen LogP contribution in [0.15, 0.2) is 0 Å². The average Bonchev–Trinajstić information content (AvgIpc) is 2.17. The molecule has 0 saturated carbocycles. The van der Waals surface area contributed by atoms with Crippen molar-refractivity contribution in [1.29, 1.82) is 0 Å². The van der Waals surface area contributed by atoms with Crippen LogP contribution >= 0.6 is 0 Å². The molecule has 86 valence electrons. The maximum absolute atomic E-state index is 3.18. The Morgan fingerprint density at radius 1 is 0.571 bits per heavy atom. The Kier molecular flexibility index (Phi) is 9.16. The van der Waals surface area contributed by atoms with Crippen LogP contribution in [0.3, 0.4) is 0 Å². The highest BCUT2D eigenvalue weighted by molar-refractivity contribution is 4.39. The highest BCUT2D eigenvalue weighted by Gasteiger charge is 2.10. The molecule has 6 nitrogen and oxygen atoms in total. The van der Waals surface area contributed by atoms with Crippen molar-refractivity contribution >= 4 is 0 Å². The Labute approximate surface area is 86.9 Å². The van der Waals surface area contributed by atoms with Crippen molar-refractivity contribution in [2.75, 3.05) is 26.2 Å². The van der Waals surface area contributed by atoms with Gasteiger partial charge in [0.05, 0.1) is 0 Å². The molecule has 0 aliphatic heterocycles. The lowest BCUT2D eigenvalue weighted by molar-refractivity contribution is -0.179. The first kappa shape index (κ1) is 13.8. The summed E-state index contributed by atoms with van der Waals surface area (Å²) < 4.78 is 0. The topological polar surface area (TPSA) is 54.6 Å². The molecule has 14 heavy (non-hydrogen) atoms. The molecule has 0 aromatic carbocycles. The lowest BCUT2D eigenvalue weighted by Crippen LogP contribution is -2.67. The second-order valence-corrected chi connectivity index (χ2v) is 2.67. The predicted octanol–water partition coefficient (Wildman–Crippen LogP) is -0.397. The smallest absolute Gasteiger partial charge is 0.0102 e. The van der Waals surface area contributed by atoms with Gasteiger partial charge in [0.1, 0.15) is 0 Å². The van der Waals surface area contributed by atoms with Gasteiger partial charge in [0, 0.05) is 26.2 Å². The summed E-state index contributed by atoms with van der Waals surface area (Å²) in [5.74, 6) is 0. The molecular weight excluding hydrogens is 180 g/mol. The summed E-state index contributed by atoms with van der Waals surface area (Å²) in [6.07, 6.45) is 0. The zero-order valence-electron chi connectivity index (χ0n) is 9.72. The second kappa shape index (κ2) is 9.32. The van der Waals surface area contributed by atoms with Crippen molar-refractivity contribution < 1.29 is 0 Å². The van der Waals surface area contributed by atoms with Crippen molar-refractivity contribution in [3.8, 4) is 0 Å². The first-order valence-corrected chi connectivity index (χ1v) is 5.34. The van der Waals surface area contributed by atoms with E-state index in [1.165, 1.54) is 0 Å². The molecule has 6 heteroatoms. The lowest BCUT2D eigenvalue weighted by atomic mass is 10.8. The van der Waals surface area contributed by atoms with Gasteiger partial charge in [0.25, 0.3) is 0 Å². The normalized spacial score (nSPS) is 11.6. The lowest BCUT2D eigenvalue weighted by Gasteiger charge is -2.34. The van der Waals surface area contributed by atoms with Crippen LogP contribution in [0, 0.1) is 0 Å². The van der Waals surface area contributed by atoms with Crippen molar-refractivity contribution in [2.45, 2.75) is 27.7 Å². The second-order valence-electron chi connectivity index (χ2n) is 2.67. The molecule has 0 aromatic rings. The van der Waals surface area contributed by atoms with Crippen LogP contribution in [0.25, 0.3) is 0 Å². The van der Waals surface area contributed by atoms with Gasteiger partial charge >= 0.3 is 0 Å².